The van der Waals surface area contributed by atoms with Crippen LogP contribution in [0.1, 0.15) is 12.5 Å². The monoisotopic (exact) mass is 272 g/mol. The average molecular weight is 272 g/mol. The van der Waals surface area contributed by atoms with E-state index < -0.39 is 15.8 Å². The number of rotatable bonds is 5. The van der Waals surface area contributed by atoms with Crippen molar-refractivity contribution >= 4 is 10.0 Å². The molecule has 0 aliphatic rings. The van der Waals surface area contributed by atoms with Gasteiger partial charge in [-0.1, -0.05) is 6.92 Å². The lowest BCUT2D eigenvalue weighted by Crippen LogP contribution is -2.25. The van der Waals surface area contributed by atoms with Crippen molar-refractivity contribution in [2.24, 2.45) is 11.1 Å². The van der Waals surface area contributed by atoms with E-state index in [4.69, 9.17) is 15.1 Å². The molecule has 0 bridgehead atoms. The predicted molar refractivity (Wildman–Crippen MR) is 63.7 cm³/mol. The van der Waals surface area contributed by atoms with Gasteiger partial charge in [0, 0.05) is 12.0 Å². The van der Waals surface area contributed by atoms with Crippen molar-refractivity contribution in [3.63, 3.8) is 0 Å². The molecule has 18 heavy (non-hydrogen) atoms. The van der Waals surface area contributed by atoms with Crippen molar-refractivity contribution < 1.29 is 17.5 Å². The number of sulfonamides is 1. The van der Waals surface area contributed by atoms with Gasteiger partial charge in [0.15, 0.2) is 0 Å². The van der Waals surface area contributed by atoms with Crippen molar-refractivity contribution in [2.45, 2.75) is 6.92 Å². The van der Waals surface area contributed by atoms with Crippen molar-refractivity contribution in [3.8, 4) is 11.8 Å². The van der Waals surface area contributed by atoms with E-state index in [1.165, 1.54) is 12.1 Å². The number of nitrogens with two attached hydrogens (primary N) is 1. The lowest BCUT2D eigenvalue weighted by atomic mass is 10.2. The minimum Gasteiger partial charge on any atom is -0.493 e. The van der Waals surface area contributed by atoms with Crippen LogP contribution in [-0.2, 0) is 10.0 Å². The molecule has 1 rings (SSSR count). The fourth-order valence-corrected chi connectivity index (χ4v) is 2.25. The Morgan fingerprint density at radius 3 is 2.72 bits per heavy atom. The minimum atomic E-state index is -3.54. The van der Waals surface area contributed by atoms with Gasteiger partial charge in [-0.15, -0.1) is 0 Å². The molecule has 0 aliphatic heterocycles. The van der Waals surface area contributed by atoms with Gasteiger partial charge in [0.05, 0.1) is 17.9 Å². The zero-order chi connectivity index (χ0) is 13.8. The van der Waals surface area contributed by atoms with Crippen LogP contribution in [0.4, 0.5) is 4.39 Å². The van der Waals surface area contributed by atoms with Gasteiger partial charge >= 0.3 is 0 Å². The van der Waals surface area contributed by atoms with Crippen LogP contribution in [-0.4, -0.2) is 20.8 Å². The third-order valence-electron chi connectivity index (χ3n) is 2.11. The molecule has 0 amide bonds. The Labute approximate surface area is 105 Å². The Hall–Kier alpha value is -1.65. The number of primary sulfonamides is 1. The summed E-state index contributed by atoms with van der Waals surface area (Å²) in [5.41, 5.74) is -0.0695. The van der Waals surface area contributed by atoms with Gasteiger partial charge < -0.3 is 4.74 Å². The molecule has 1 unspecified atom stereocenters. The summed E-state index contributed by atoms with van der Waals surface area (Å²) in [6.07, 6.45) is 0. The van der Waals surface area contributed by atoms with Gasteiger partial charge in [-0.05, 0) is 12.1 Å². The van der Waals surface area contributed by atoms with E-state index in [-0.39, 0.29) is 29.6 Å². The molecule has 2 N–H and O–H groups in total. The first-order valence-corrected chi connectivity index (χ1v) is 6.86. The maximum Gasteiger partial charge on any atom is 0.209 e. The fraction of sp³-hybridized carbons (Fsp3) is 0.364. The summed E-state index contributed by atoms with van der Waals surface area (Å²) in [7, 11) is -3.54. The largest absolute Gasteiger partial charge is 0.493 e. The molecule has 0 fully saturated rings. The van der Waals surface area contributed by atoms with Crippen LogP contribution < -0.4 is 9.88 Å². The number of benzene rings is 1. The summed E-state index contributed by atoms with van der Waals surface area (Å²) in [6, 6.07) is 5.53. The highest BCUT2D eigenvalue weighted by Crippen LogP contribution is 2.16. The lowest BCUT2D eigenvalue weighted by molar-refractivity contribution is 0.270. The number of halogens is 1. The Kier molecular flexibility index (Phi) is 4.64. The Balaban J connectivity index is 2.59. The molecule has 0 aromatic heterocycles. The number of ether oxygens (including phenoxy) is 1. The molecule has 0 heterocycles. The third kappa shape index (κ3) is 4.69. The SMILES string of the molecule is CC(COc1ccc(C#N)c(F)c1)CS(N)(=O)=O. The second-order valence-corrected chi connectivity index (χ2v) is 5.66. The topological polar surface area (TPSA) is 93.2 Å². The highest BCUT2D eigenvalue weighted by Gasteiger charge is 2.12. The molecule has 0 aliphatic carbocycles. The van der Waals surface area contributed by atoms with Crippen LogP contribution >= 0.6 is 0 Å². The molecule has 5 nitrogen and oxygen atoms in total. The molecule has 7 heteroatoms. The number of nitrogens with zero attached hydrogens (tertiary/aromatic N) is 1. The summed E-state index contributed by atoms with van der Waals surface area (Å²) < 4.78 is 40.1. The first-order valence-electron chi connectivity index (χ1n) is 5.14. The predicted octanol–water partition coefficient (Wildman–Crippen LogP) is 1.00. The fourth-order valence-electron chi connectivity index (χ4n) is 1.36. The van der Waals surface area contributed by atoms with Crippen molar-refractivity contribution in [1.82, 2.24) is 0 Å². The first kappa shape index (κ1) is 14.4. The third-order valence-corrected chi connectivity index (χ3v) is 3.15. The van der Waals surface area contributed by atoms with E-state index in [0.717, 1.165) is 6.07 Å². The van der Waals surface area contributed by atoms with E-state index in [2.05, 4.69) is 0 Å². The van der Waals surface area contributed by atoms with E-state index in [1.54, 1.807) is 13.0 Å². The number of hydrogen-bond acceptors (Lipinski definition) is 4. The molecule has 0 spiro atoms. The lowest BCUT2D eigenvalue weighted by Gasteiger charge is -2.12. The average Bonchev–Trinajstić information content (AvgIpc) is 2.24. The van der Waals surface area contributed by atoms with Gasteiger partial charge in [-0.25, -0.2) is 17.9 Å². The summed E-state index contributed by atoms with van der Waals surface area (Å²) in [5.74, 6) is -0.938. The summed E-state index contributed by atoms with van der Waals surface area (Å²) in [6.45, 7) is 1.76. The van der Waals surface area contributed by atoms with Crippen LogP contribution in [0.3, 0.4) is 0 Å². The molecule has 1 atom stereocenters. The van der Waals surface area contributed by atoms with Crippen molar-refractivity contribution in [3.05, 3.63) is 29.6 Å². The van der Waals surface area contributed by atoms with Gasteiger partial charge in [-0.2, -0.15) is 5.26 Å². The van der Waals surface area contributed by atoms with Crippen LogP contribution in [0.15, 0.2) is 18.2 Å². The molecule has 98 valence electrons. The summed E-state index contributed by atoms with van der Waals surface area (Å²) in [5, 5.41) is 13.4. The van der Waals surface area contributed by atoms with Crippen molar-refractivity contribution in [2.75, 3.05) is 12.4 Å². The van der Waals surface area contributed by atoms with E-state index >= 15 is 0 Å². The zero-order valence-electron chi connectivity index (χ0n) is 9.76. The first-order chi connectivity index (χ1) is 8.31. The van der Waals surface area contributed by atoms with Crippen LogP contribution in [0, 0.1) is 23.1 Å². The van der Waals surface area contributed by atoms with Crippen LogP contribution in [0.2, 0.25) is 0 Å². The second-order valence-electron chi connectivity index (χ2n) is 4.00. The van der Waals surface area contributed by atoms with Crippen LogP contribution in [0.25, 0.3) is 0 Å². The van der Waals surface area contributed by atoms with Gasteiger partial charge in [0.2, 0.25) is 10.0 Å². The molecule has 0 radical (unpaired) electrons. The van der Waals surface area contributed by atoms with Crippen molar-refractivity contribution in [1.29, 1.82) is 5.26 Å². The molecular weight excluding hydrogens is 259 g/mol. The minimum absolute atomic E-state index is 0.0695. The Morgan fingerprint density at radius 1 is 1.56 bits per heavy atom. The maximum absolute atomic E-state index is 13.2. The normalized spacial score (nSPS) is 12.8. The summed E-state index contributed by atoms with van der Waals surface area (Å²) in [4.78, 5) is 0. The number of nitriles is 1. The van der Waals surface area contributed by atoms with E-state index in [0.29, 0.717) is 0 Å². The highest BCUT2D eigenvalue weighted by molar-refractivity contribution is 7.89. The standard InChI is InChI=1S/C11H13FN2O3S/c1-8(7-18(14,15)16)6-17-10-3-2-9(5-13)11(12)4-10/h2-4,8H,6-7H2,1H3,(H2,14,15,16). The van der Waals surface area contributed by atoms with Gasteiger partial charge in [0.1, 0.15) is 17.6 Å². The quantitative estimate of drug-likeness (QED) is 0.865. The van der Waals surface area contributed by atoms with Gasteiger partial charge in [0.25, 0.3) is 0 Å². The highest BCUT2D eigenvalue weighted by atomic mass is 32.2. The smallest absolute Gasteiger partial charge is 0.209 e. The maximum atomic E-state index is 13.2. The summed E-state index contributed by atoms with van der Waals surface area (Å²) >= 11 is 0. The zero-order valence-corrected chi connectivity index (χ0v) is 10.6. The van der Waals surface area contributed by atoms with E-state index in [1.807, 2.05) is 0 Å². The Morgan fingerprint density at radius 2 is 2.22 bits per heavy atom. The Bertz CT molecular complexity index is 566. The number of hydrogen-bond donors (Lipinski definition) is 1. The van der Waals surface area contributed by atoms with Gasteiger partial charge in [-0.3, -0.25) is 0 Å². The van der Waals surface area contributed by atoms with Crippen LogP contribution in [0.5, 0.6) is 5.75 Å². The molecule has 0 saturated heterocycles. The molecule has 0 saturated carbocycles. The van der Waals surface area contributed by atoms with E-state index in [9.17, 15) is 12.8 Å². The second kappa shape index (κ2) is 5.80. The molecular formula is C11H13FN2O3S. The molecule has 1 aromatic carbocycles. The molecule has 1 aromatic rings.